The molecule has 2 aromatic rings. The summed E-state index contributed by atoms with van der Waals surface area (Å²) in [4.78, 5) is 28.9. The number of hydrogen-bond acceptors (Lipinski definition) is 7. The third-order valence-electron chi connectivity index (χ3n) is 7.90. The van der Waals surface area contributed by atoms with Gasteiger partial charge in [0.25, 0.3) is 0 Å². The van der Waals surface area contributed by atoms with Crippen molar-refractivity contribution in [2.24, 2.45) is 0 Å². The number of anilines is 1. The zero-order chi connectivity index (χ0) is 23.2. The summed E-state index contributed by atoms with van der Waals surface area (Å²) in [6.07, 6.45) is 5.01. The van der Waals surface area contributed by atoms with Crippen LogP contribution in [0.3, 0.4) is 0 Å². The van der Waals surface area contributed by atoms with Gasteiger partial charge in [0, 0.05) is 42.8 Å². The molecule has 2 saturated heterocycles. The minimum atomic E-state index is -0.709. The van der Waals surface area contributed by atoms with E-state index in [1.165, 1.54) is 6.29 Å². The minimum absolute atomic E-state index is 0. The molecule has 1 N–H and O–H groups in total. The predicted octanol–water partition coefficient (Wildman–Crippen LogP) is 3.82. The van der Waals surface area contributed by atoms with Crippen LogP contribution in [0.25, 0.3) is 0 Å². The summed E-state index contributed by atoms with van der Waals surface area (Å²) < 4.78 is 0. The molecule has 2 aliphatic heterocycles. The number of carbonyl (C=O) groups excluding carboxylic acids is 1. The fourth-order valence-corrected chi connectivity index (χ4v) is 6.36. The van der Waals surface area contributed by atoms with E-state index in [1.54, 1.807) is 6.33 Å². The molecular weight excluding hydrogens is 509 g/mol. The van der Waals surface area contributed by atoms with Crippen molar-refractivity contribution in [3.05, 3.63) is 52.4 Å². The second-order valence-electron chi connectivity index (χ2n) is 9.71. The molecule has 0 bridgehead atoms. The van der Waals surface area contributed by atoms with Crippen molar-refractivity contribution in [1.82, 2.24) is 19.8 Å². The average Bonchev–Trinajstić information content (AvgIpc) is 3.39. The molecule has 4 atom stereocenters. The molecule has 0 radical (unpaired) electrons. The Labute approximate surface area is 224 Å². The van der Waals surface area contributed by atoms with Gasteiger partial charge < -0.3 is 19.7 Å². The first-order valence-electron chi connectivity index (χ1n) is 11.9. The summed E-state index contributed by atoms with van der Waals surface area (Å²) in [7, 11) is 2.12. The van der Waals surface area contributed by atoms with Crippen molar-refractivity contribution < 1.29 is 9.90 Å². The van der Waals surface area contributed by atoms with Crippen LogP contribution in [0.15, 0.2) is 30.6 Å². The Morgan fingerprint density at radius 3 is 2.37 bits per heavy atom. The Morgan fingerprint density at radius 1 is 1.09 bits per heavy atom. The highest BCUT2D eigenvalue weighted by Gasteiger charge is 2.49. The molecule has 1 aromatic heterocycles. The van der Waals surface area contributed by atoms with Crippen LogP contribution in [-0.2, 0) is 10.3 Å². The van der Waals surface area contributed by atoms with Crippen LogP contribution in [0, 0.1) is 0 Å². The number of halogens is 3. The average molecular weight is 543 g/mol. The van der Waals surface area contributed by atoms with Crippen molar-refractivity contribution >= 4 is 48.5 Å². The molecule has 0 spiro atoms. The number of rotatable bonds is 5. The van der Waals surface area contributed by atoms with Gasteiger partial charge in [-0.3, -0.25) is 4.90 Å². The van der Waals surface area contributed by atoms with Gasteiger partial charge in [-0.15, -0.1) is 24.8 Å². The molecule has 0 saturated carbocycles. The van der Waals surface area contributed by atoms with Gasteiger partial charge in [0.05, 0.1) is 11.8 Å². The molecule has 3 heterocycles. The number of hydrogen-bond donors (Lipinski definition) is 1. The largest absolute Gasteiger partial charge is 0.387 e. The molecule has 7 nitrogen and oxygen atoms in total. The molecule has 0 unspecified atom stereocenters. The number of benzene rings is 1. The van der Waals surface area contributed by atoms with E-state index in [0.29, 0.717) is 11.4 Å². The molecule has 5 rings (SSSR count). The number of likely N-dealkylation sites (N-methyl/N-ethyl adjacent to an activating group) is 1. The second kappa shape index (κ2) is 11.3. The molecule has 3 aliphatic rings. The zero-order valence-electron chi connectivity index (χ0n) is 20.1. The van der Waals surface area contributed by atoms with Gasteiger partial charge in [-0.2, -0.15) is 0 Å². The lowest BCUT2D eigenvalue weighted by Crippen LogP contribution is -2.63. The number of likely N-dealkylation sites (tertiary alicyclic amines) is 1. The first-order valence-corrected chi connectivity index (χ1v) is 12.3. The number of fused-ring (bicyclic) bond motifs is 1. The van der Waals surface area contributed by atoms with Crippen LogP contribution < -0.4 is 4.90 Å². The molecule has 1 aliphatic carbocycles. The molecular formula is C25H34Cl3N5O2. The van der Waals surface area contributed by atoms with Gasteiger partial charge in [-0.25, -0.2) is 9.97 Å². The van der Waals surface area contributed by atoms with Gasteiger partial charge >= 0.3 is 0 Å². The number of aliphatic hydroxyl groups excluding tert-OH is 1. The normalized spacial score (nSPS) is 26.4. The van der Waals surface area contributed by atoms with Crippen LogP contribution in [0.2, 0.25) is 5.02 Å². The second-order valence-corrected chi connectivity index (χ2v) is 10.1. The highest BCUT2D eigenvalue weighted by molar-refractivity contribution is 6.30. The van der Waals surface area contributed by atoms with Gasteiger partial charge in [0.2, 0.25) is 0 Å². The lowest BCUT2D eigenvalue weighted by molar-refractivity contribution is -0.124. The number of carbonyl (C=O) groups is 1. The summed E-state index contributed by atoms with van der Waals surface area (Å²) in [6, 6.07) is 7.92. The third-order valence-corrected chi connectivity index (χ3v) is 8.15. The van der Waals surface area contributed by atoms with Crippen LogP contribution >= 0.6 is 36.4 Å². The lowest BCUT2D eigenvalue weighted by atomic mass is 9.80. The maximum atomic E-state index is 13.0. The Bertz CT molecular complexity index is 1020. The Hall–Kier alpha value is -1.48. The minimum Gasteiger partial charge on any atom is -0.387 e. The van der Waals surface area contributed by atoms with E-state index in [4.69, 9.17) is 11.6 Å². The molecule has 2 fully saturated rings. The van der Waals surface area contributed by atoms with E-state index in [2.05, 4.69) is 38.6 Å². The number of aldehydes is 1. The summed E-state index contributed by atoms with van der Waals surface area (Å²) in [5.41, 5.74) is 2.15. The first kappa shape index (κ1) is 28.1. The topological polar surface area (TPSA) is 72.8 Å². The van der Waals surface area contributed by atoms with E-state index < -0.39 is 11.6 Å². The van der Waals surface area contributed by atoms with E-state index in [0.717, 1.165) is 68.2 Å². The smallest absolute Gasteiger partial charge is 0.146 e. The van der Waals surface area contributed by atoms with Crippen LogP contribution in [0.1, 0.15) is 55.0 Å². The van der Waals surface area contributed by atoms with Gasteiger partial charge in [0.1, 0.15) is 24.0 Å². The van der Waals surface area contributed by atoms with E-state index in [9.17, 15) is 9.90 Å². The van der Waals surface area contributed by atoms with Crippen molar-refractivity contribution in [3.63, 3.8) is 0 Å². The first-order chi connectivity index (χ1) is 16.0. The highest BCUT2D eigenvalue weighted by atomic mass is 35.5. The van der Waals surface area contributed by atoms with E-state index in [-0.39, 0.29) is 36.8 Å². The lowest BCUT2D eigenvalue weighted by Gasteiger charge is -2.50. The molecule has 35 heavy (non-hydrogen) atoms. The fraction of sp³-hybridized carbons (Fsp3) is 0.560. The van der Waals surface area contributed by atoms with Crippen molar-refractivity contribution in [2.75, 3.05) is 44.7 Å². The predicted molar refractivity (Wildman–Crippen MR) is 143 cm³/mol. The summed E-state index contributed by atoms with van der Waals surface area (Å²) >= 11 is 6.19. The third kappa shape index (κ3) is 4.79. The van der Waals surface area contributed by atoms with Gasteiger partial charge in [-0.05, 0) is 56.5 Å². The summed E-state index contributed by atoms with van der Waals surface area (Å²) in [6.45, 7) is 6.17. The molecule has 1 aromatic carbocycles. The number of piperazine rings is 1. The quantitative estimate of drug-likeness (QED) is 0.576. The standard InChI is InChI=1S/C25H32ClN5O2.2ClH/c1-17-14-20(33)23-22(17)24(28-16-27-23)30-10-12-31(13-11-30)25(15-32,21-4-3-9-29(21)2)18-5-7-19(26)8-6-18;;/h5-8,15-17,20-21,33H,3-4,9-14H2,1-2H3;2*1H/t17-,20-,21+,25+;;/m1../s1. The van der Waals surface area contributed by atoms with Crippen molar-refractivity contribution in [2.45, 2.75) is 49.8 Å². The molecule has 10 heteroatoms. The monoisotopic (exact) mass is 541 g/mol. The summed E-state index contributed by atoms with van der Waals surface area (Å²) in [5, 5.41) is 11.1. The van der Waals surface area contributed by atoms with Crippen LogP contribution in [0.5, 0.6) is 0 Å². The maximum absolute atomic E-state index is 13.0. The van der Waals surface area contributed by atoms with Crippen LogP contribution in [0.4, 0.5) is 5.82 Å². The fourth-order valence-electron chi connectivity index (χ4n) is 6.23. The molecule has 0 amide bonds. The van der Waals surface area contributed by atoms with Gasteiger partial charge in [0.15, 0.2) is 0 Å². The van der Waals surface area contributed by atoms with Crippen LogP contribution in [-0.4, -0.2) is 77.0 Å². The van der Waals surface area contributed by atoms with E-state index in [1.807, 2.05) is 24.3 Å². The van der Waals surface area contributed by atoms with Gasteiger partial charge in [-0.1, -0.05) is 30.7 Å². The number of aromatic nitrogens is 2. The van der Waals surface area contributed by atoms with E-state index >= 15 is 0 Å². The Balaban J connectivity index is 0.00000171. The van der Waals surface area contributed by atoms with Crippen molar-refractivity contribution in [3.8, 4) is 0 Å². The Morgan fingerprint density at radius 2 is 1.77 bits per heavy atom. The Kier molecular flexibility index (Phi) is 9.05. The number of aliphatic hydroxyl groups is 1. The summed E-state index contributed by atoms with van der Waals surface area (Å²) in [5.74, 6) is 1.17. The number of nitrogens with zero attached hydrogens (tertiary/aromatic N) is 5. The zero-order valence-corrected chi connectivity index (χ0v) is 22.5. The SMILES string of the molecule is C[C@@H]1C[C@@H](O)c2ncnc(N3CCN([C@@](C=O)(c4ccc(Cl)cc4)[C@@H]4CCCN4C)CC3)c21.Cl.Cl. The molecule has 192 valence electrons. The van der Waals surface area contributed by atoms with Crippen molar-refractivity contribution in [1.29, 1.82) is 0 Å². The maximum Gasteiger partial charge on any atom is 0.146 e. The highest BCUT2D eigenvalue weighted by Crippen LogP contribution is 2.44.